The average Bonchev–Trinajstić information content (AvgIpc) is 3.39. The van der Waals surface area contributed by atoms with Gasteiger partial charge in [-0.2, -0.15) is 0 Å². The molecule has 34 heavy (non-hydrogen) atoms. The first-order valence-corrected chi connectivity index (χ1v) is 13.5. The fourth-order valence-corrected chi connectivity index (χ4v) is 8.50. The SMILES string of the molecule is CC=C1C=C2CCC3(C)C(c4ccc5ccncc5c4)CCC3C23CCC1(CC(CC)CO)O3. The summed E-state index contributed by atoms with van der Waals surface area (Å²) in [6.07, 6.45) is 17.7. The molecule has 6 rings (SSSR count). The van der Waals surface area contributed by atoms with E-state index in [4.69, 9.17) is 4.74 Å². The zero-order valence-corrected chi connectivity index (χ0v) is 21.0. The molecule has 4 aliphatic rings. The monoisotopic (exact) mass is 457 g/mol. The van der Waals surface area contributed by atoms with Crippen LogP contribution in [-0.4, -0.2) is 27.9 Å². The Kier molecular flexibility index (Phi) is 5.31. The van der Waals surface area contributed by atoms with Gasteiger partial charge in [0.15, 0.2) is 0 Å². The second kappa shape index (κ2) is 8.03. The van der Waals surface area contributed by atoms with Gasteiger partial charge in [0.2, 0.25) is 0 Å². The Labute approximate surface area is 204 Å². The summed E-state index contributed by atoms with van der Waals surface area (Å²) >= 11 is 0. The first kappa shape index (κ1) is 22.5. The molecule has 0 radical (unpaired) electrons. The van der Waals surface area contributed by atoms with Crippen LogP contribution in [0, 0.1) is 17.3 Å². The number of aliphatic hydroxyl groups excluding tert-OH is 1. The predicted octanol–water partition coefficient (Wildman–Crippen LogP) is 7.11. The van der Waals surface area contributed by atoms with Gasteiger partial charge in [-0.25, -0.2) is 0 Å². The van der Waals surface area contributed by atoms with E-state index in [1.165, 1.54) is 41.2 Å². The van der Waals surface area contributed by atoms with Gasteiger partial charge < -0.3 is 9.84 Å². The number of aromatic nitrogens is 1. The highest BCUT2D eigenvalue weighted by Crippen LogP contribution is 2.70. The van der Waals surface area contributed by atoms with Gasteiger partial charge in [0, 0.05) is 24.4 Å². The third-order valence-electron chi connectivity index (χ3n) is 10.3. The predicted molar refractivity (Wildman–Crippen MR) is 138 cm³/mol. The van der Waals surface area contributed by atoms with Crippen LogP contribution in [0.25, 0.3) is 10.8 Å². The Balaban J connectivity index is 1.38. The van der Waals surface area contributed by atoms with Crippen molar-refractivity contribution in [2.24, 2.45) is 17.3 Å². The Hall–Kier alpha value is -1.97. The van der Waals surface area contributed by atoms with E-state index >= 15 is 0 Å². The van der Waals surface area contributed by atoms with Gasteiger partial charge in [-0.15, -0.1) is 0 Å². The molecular formula is C31H39NO2. The summed E-state index contributed by atoms with van der Waals surface area (Å²) in [6, 6.07) is 9.16. The number of ether oxygens (including phenoxy) is 1. The number of nitrogens with zero attached hydrogens (tertiary/aromatic N) is 1. The molecule has 1 spiro atoms. The zero-order chi connectivity index (χ0) is 23.6. The fourth-order valence-electron chi connectivity index (χ4n) is 8.50. The standard InChI is InChI=1S/C31H39NO2/c1-4-21(20-33)18-30-13-14-31(34-30)26(17-25(30)5-2)10-12-29(3)27(8-9-28(29)31)23-7-6-22-11-15-32-19-24(22)16-23/h5-7,11,15-17,19,21,27-28,33H,4,8-10,12-14,18,20H2,1-3H3. The van der Waals surface area contributed by atoms with Crippen molar-refractivity contribution in [1.29, 1.82) is 0 Å². The lowest BCUT2D eigenvalue weighted by atomic mass is 9.56. The molecule has 3 heteroatoms. The van der Waals surface area contributed by atoms with Gasteiger partial charge in [-0.3, -0.25) is 4.98 Å². The molecule has 2 aliphatic carbocycles. The van der Waals surface area contributed by atoms with Gasteiger partial charge in [-0.05, 0) is 109 Å². The van der Waals surface area contributed by atoms with Gasteiger partial charge in [0.25, 0.3) is 0 Å². The van der Waals surface area contributed by atoms with Crippen molar-refractivity contribution in [3.05, 3.63) is 65.5 Å². The number of hydrogen-bond acceptors (Lipinski definition) is 3. The van der Waals surface area contributed by atoms with E-state index in [1.807, 2.05) is 12.4 Å². The summed E-state index contributed by atoms with van der Waals surface area (Å²) in [5.41, 5.74) is 4.32. The summed E-state index contributed by atoms with van der Waals surface area (Å²) in [7, 11) is 0. The maximum Gasteiger partial charge on any atom is 0.0945 e. The quantitative estimate of drug-likeness (QED) is 0.520. The zero-order valence-electron chi connectivity index (χ0n) is 21.0. The molecule has 2 saturated carbocycles. The molecule has 0 amide bonds. The Morgan fingerprint density at radius 2 is 2.06 bits per heavy atom. The molecule has 6 atom stereocenters. The molecule has 1 N–H and O–H groups in total. The Morgan fingerprint density at radius 1 is 1.18 bits per heavy atom. The van der Waals surface area contributed by atoms with Crippen LogP contribution >= 0.6 is 0 Å². The highest BCUT2D eigenvalue weighted by molar-refractivity contribution is 5.82. The van der Waals surface area contributed by atoms with Gasteiger partial charge in [0.05, 0.1) is 11.2 Å². The van der Waals surface area contributed by atoms with Crippen LogP contribution in [-0.2, 0) is 4.74 Å². The molecule has 180 valence electrons. The van der Waals surface area contributed by atoms with Gasteiger partial charge >= 0.3 is 0 Å². The van der Waals surface area contributed by atoms with Crippen LogP contribution in [0.2, 0.25) is 0 Å². The molecule has 1 aromatic heterocycles. The molecular weight excluding hydrogens is 418 g/mol. The maximum absolute atomic E-state index is 10.0. The highest BCUT2D eigenvalue weighted by Gasteiger charge is 2.66. The van der Waals surface area contributed by atoms with Crippen molar-refractivity contribution < 1.29 is 9.84 Å². The fraction of sp³-hybridized carbons (Fsp3) is 0.581. The second-order valence-corrected chi connectivity index (χ2v) is 11.7. The number of allylic oxidation sites excluding steroid dienone is 1. The van der Waals surface area contributed by atoms with Crippen LogP contribution in [0.5, 0.6) is 0 Å². The third-order valence-corrected chi connectivity index (χ3v) is 10.3. The van der Waals surface area contributed by atoms with Crippen LogP contribution in [0.3, 0.4) is 0 Å². The van der Waals surface area contributed by atoms with E-state index in [9.17, 15) is 5.11 Å². The van der Waals surface area contributed by atoms with Crippen LogP contribution in [0.1, 0.15) is 83.6 Å². The molecule has 6 unspecified atom stereocenters. The van der Waals surface area contributed by atoms with Crippen molar-refractivity contribution >= 4 is 10.8 Å². The summed E-state index contributed by atoms with van der Waals surface area (Å²) in [6.45, 7) is 7.17. The lowest BCUT2D eigenvalue weighted by Gasteiger charge is -2.55. The van der Waals surface area contributed by atoms with E-state index in [2.05, 4.69) is 62.2 Å². The topological polar surface area (TPSA) is 42.4 Å². The van der Waals surface area contributed by atoms with Crippen LogP contribution in [0.15, 0.2) is 60.0 Å². The van der Waals surface area contributed by atoms with Crippen molar-refractivity contribution in [3.63, 3.8) is 0 Å². The molecule has 1 saturated heterocycles. The maximum atomic E-state index is 10.0. The lowest BCUT2D eigenvalue weighted by Crippen LogP contribution is -2.54. The molecule has 2 bridgehead atoms. The van der Waals surface area contributed by atoms with E-state index in [0.29, 0.717) is 17.8 Å². The number of benzene rings is 1. The van der Waals surface area contributed by atoms with Gasteiger partial charge in [-0.1, -0.05) is 44.6 Å². The summed E-state index contributed by atoms with van der Waals surface area (Å²) in [5, 5.41) is 12.5. The van der Waals surface area contributed by atoms with Crippen molar-refractivity contribution in [2.45, 2.75) is 89.3 Å². The molecule has 3 heterocycles. The van der Waals surface area contributed by atoms with Crippen LogP contribution < -0.4 is 0 Å². The Morgan fingerprint density at radius 3 is 2.85 bits per heavy atom. The van der Waals surface area contributed by atoms with E-state index in [0.717, 1.165) is 32.1 Å². The second-order valence-electron chi connectivity index (χ2n) is 11.7. The van der Waals surface area contributed by atoms with Gasteiger partial charge in [0.1, 0.15) is 0 Å². The molecule has 3 fully saturated rings. The third kappa shape index (κ3) is 3.05. The number of aliphatic hydroxyl groups is 1. The number of rotatable bonds is 5. The number of pyridine rings is 1. The largest absolute Gasteiger partial charge is 0.396 e. The first-order valence-electron chi connectivity index (χ1n) is 13.5. The molecule has 2 aliphatic heterocycles. The van der Waals surface area contributed by atoms with Crippen molar-refractivity contribution in [1.82, 2.24) is 4.98 Å². The van der Waals surface area contributed by atoms with E-state index in [1.54, 1.807) is 5.57 Å². The summed E-state index contributed by atoms with van der Waals surface area (Å²) < 4.78 is 7.39. The molecule has 2 aromatic rings. The minimum atomic E-state index is -0.216. The number of hydrogen-bond donors (Lipinski definition) is 1. The Bertz CT molecular complexity index is 1160. The number of fused-ring (bicyclic) bond motifs is 3. The first-order chi connectivity index (χ1) is 16.5. The summed E-state index contributed by atoms with van der Waals surface area (Å²) in [5.74, 6) is 1.43. The minimum absolute atomic E-state index is 0.111. The van der Waals surface area contributed by atoms with Crippen molar-refractivity contribution in [2.75, 3.05) is 6.61 Å². The van der Waals surface area contributed by atoms with E-state index < -0.39 is 0 Å². The smallest absolute Gasteiger partial charge is 0.0945 e. The van der Waals surface area contributed by atoms with Crippen molar-refractivity contribution in [3.8, 4) is 0 Å². The normalized spacial score (nSPS) is 38.6. The lowest BCUT2D eigenvalue weighted by molar-refractivity contribution is -0.143. The van der Waals surface area contributed by atoms with Crippen LogP contribution in [0.4, 0.5) is 0 Å². The molecule has 1 aromatic carbocycles. The molecule has 3 nitrogen and oxygen atoms in total. The van der Waals surface area contributed by atoms with E-state index in [-0.39, 0.29) is 23.2 Å². The average molecular weight is 458 g/mol. The highest BCUT2D eigenvalue weighted by atomic mass is 16.5. The summed E-state index contributed by atoms with van der Waals surface area (Å²) in [4.78, 5) is 4.37. The minimum Gasteiger partial charge on any atom is -0.396 e.